The summed E-state index contributed by atoms with van der Waals surface area (Å²) in [6.45, 7) is 4.11. The number of amides is 1. The van der Waals surface area contributed by atoms with E-state index in [1.165, 1.54) is 5.56 Å². The van der Waals surface area contributed by atoms with Crippen molar-refractivity contribution in [3.63, 3.8) is 0 Å². The molecule has 1 unspecified atom stereocenters. The van der Waals surface area contributed by atoms with Crippen molar-refractivity contribution < 1.29 is 9.21 Å². The molecule has 3 heteroatoms. The van der Waals surface area contributed by atoms with Crippen molar-refractivity contribution in [1.29, 1.82) is 0 Å². The zero-order valence-corrected chi connectivity index (χ0v) is 15.0. The summed E-state index contributed by atoms with van der Waals surface area (Å²) in [6.07, 6.45) is 1.01. The third-order valence-electron chi connectivity index (χ3n) is 4.89. The van der Waals surface area contributed by atoms with Crippen molar-refractivity contribution in [3.8, 4) is 0 Å². The Bertz CT molecular complexity index is 1080. The molecule has 1 atom stereocenters. The molecule has 0 bridgehead atoms. The summed E-state index contributed by atoms with van der Waals surface area (Å²) in [4.78, 5) is 12.7. The molecule has 3 nitrogen and oxygen atoms in total. The molecule has 1 aromatic heterocycles. The van der Waals surface area contributed by atoms with E-state index in [1.807, 2.05) is 43.3 Å². The first-order chi connectivity index (χ1) is 12.7. The van der Waals surface area contributed by atoms with Gasteiger partial charge in [0.2, 0.25) is 0 Å². The Labute approximate surface area is 152 Å². The summed E-state index contributed by atoms with van der Waals surface area (Å²) in [6, 6.07) is 22.1. The van der Waals surface area contributed by atoms with E-state index in [4.69, 9.17) is 4.42 Å². The topological polar surface area (TPSA) is 42.2 Å². The Morgan fingerprint density at radius 3 is 2.54 bits per heavy atom. The molecule has 0 spiro atoms. The van der Waals surface area contributed by atoms with Crippen LogP contribution in [0, 0.1) is 0 Å². The summed E-state index contributed by atoms with van der Waals surface area (Å²) in [7, 11) is 0. The van der Waals surface area contributed by atoms with E-state index in [2.05, 4.69) is 42.6 Å². The number of aryl methyl sites for hydroxylation is 1. The number of fused-ring (bicyclic) bond motifs is 3. The molecule has 0 saturated heterocycles. The number of carbonyl (C=O) groups is 1. The third kappa shape index (κ3) is 2.97. The maximum Gasteiger partial charge on any atom is 0.287 e. The number of nitrogens with one attached hydrogen (secondary N) is 1. The SMILES string of the molecule is CCc1ccc(C(C)NC(=O)c2cc3c(ccc4ccccc43)o2)cc1. The van der Waals surface area contributed by atoms with Crippen LogP contribution in [0.2, 0.25) is 0 Å². The van der Waals surface area contributed by atoms with Crippen molar-refractivity contribution in [2.45, 2.75) is 26.3 Å². The van der Waals surface area contributed by atoms with Crippen molar-refractivity contribution in [1.82, 2.24) is 5.32 Å². The highest BCUT2D eigenvalue weighted by molar-refractivity contribution is 6.08. The highest BCUT2D eigenvalue weighted by Gasteiger charge is 2.16. The van der Waals surface area contributed by atoms with Crippen molar-refractivity contribution in [3.05, 3.63) is 83.6 Å². The van der Waals surface area contributed by atoms with Gasteiger partial charge in [0.05, 0.1) is 6.04 Å². The smallest absolute Gasteiger partial charge is 0.287 e. The van der Waals surface area contributed by atoms with Crippen LogP contribution in [-0.4, -0.2) is 5.91 Å². The van der Waals surface area contributed by atoms with E-state index in [1.54, 1.807) is 0 Å². The predicted molar refractivity (Wildman–Crippen MR) is 105 cm³/mol. The van der Waals surface area contributed by atoms with Gasteiger partial charge < -0.3 is 9.73 Å². The summed E-state index contributed by atoms with van der Waals surface area (Å²) in [5.41, 5.74) is 3.10. The zero-order chi connectivity index (χ0) is 18.1. The quantitative estimate of drug-likeness (QED) is 0.521. The Morgan fingerprint density at radius 2 is 1.77 bits per heavy atom. The Kier molecular flexibility index (Phi) is 4.21. The summed E-state index contributed by atoms with van der Waals surface area (Å²) in [5, 5.41) is 6.22. The monoisotopic (exact) mass is 343 g/mol. The summed E-state index contributed by atoms with van der Waals surface area (Å²) >= 11 is 0. The van der Waals surface area contributed by atoms with Gasteiger partial charge in [-0.25, -0.2) is 0 Å². The average Bonchev–Trinajstić information content (AvgIpc) is 3.13. The van der Waals surface area contributed by atoms with E-state index >= 15 is 0 Å². The van der Waals surface area contributed by atoms with Crippen LogP contribution in [0.5, 0.6) is 0 Å². The second kappa shape index (κ2) is 6.68. The van der Waals surface area contributed by atoms with Crippen LogP contribution >= 0.6 is 0 Å². The number of rotatable bonds is 4. The lowest BCUT2D eigenvalue weighted by atomic mass is 10.0. The molecule has 1 amide bonds. The first-order valence-electron chi connectivity index (χ1n) is 8.96. The Hall–Kier alpha value is -3.07. The molecule has 0 aliphatic heterocycles. The zero-order valence-electron chi connectivity index (χ0n) is 15.0. The first-order valence-corrected chi connectivity index (χ1v) is 8.96. The molecule has 0 radical (unpaired) electrons. The first kappa shape index (κ1) is 16.4. The van der Waals surface area contributed by atoms with Gasteiger partial charge in [0.25, 0.3) is 5.91 Å². The number of benzene rings is 3. The lowest BCUT2D eigenvalue weighted by molar-refractivity contribution is 0.0914. The number of hydrogen-bond acceptors (Lipinski definition) is 2. The average molecular weight is 343 g/mol. The van der Waals surface area contributed by atoms with E-state index in [0.29, 0.717) is 5.76 Å². The lowest BCUT2D eigenvalue weighted by Crippen LogP contribution is -2.26. The molecule has 0 aliphatic carbocycles. The largest absolute Gasteiger partial charge is 0.451 e. The van der Waals surface area contributed by atoms with Crippen LogP contribution in [0.3, 0.4) is 0 Å². The number of furan rings is 1. The maximum absolute atomic E-state index is 12.7. The van der Waals surface area contributed by atoms with Gasteiger partial charge in [-0.1, -0.05) is 61.5 Å². The number of hydrogen-bond donors (Lipinski definition) is 1. The molecular weight excluding hydrogens is 322 g/mol. The Morgan fingerprint density at radius 1 is 1.00 bits per heavy atom. The predicted octanol–water partition coefficient (Wildman–Crippen LogP) is 5.64. The van der Waals surface area contributed by atoms with E-state index in [0.717, 1.165) is 33.7 Å². The molecule has 3 aromatic carbocycles. The summed E-state index contributed by atoms with van der Waals surface area (Å²) < 4.78 is 5.80. The van der Waals surface area contributed by atoms with Gasteiger partial charge in [-0.3, -0.25) is 4.79 Å². The Balaban J connectivity index is 1.60. The minimum absolute atomic E-state index is 0.0848. The van der Waals surface area contributed by atoms with Gasteiger partial charge in [0, 0.05) is 5.39 Å². The molecule has 26 heavy (non-hydrogen) atoms. The van der Waals surface area contributed by atoms with Gasteiger partial charge in [0.15, 0.2) is 5.76 Å². The minimum atomic E-state index is -0.197. The second-order valence-electron chi connectivity index (χ2n) is 6.60. The van der Waals surface area contributed by atoms with Gasteiger partial charge in [-0.2, -0.15) is 0 Å². The fraction of sp³-hybridized carbons (Fsp3) is 0.174. The van der Waals surface area contributed by atoms with E-state index in [-0.39, 0.29) is 11.9 Å². The van der Waals surface area contributed by atoms with E-state index < -0.39 is 0 Å². The van der Waals surface area contributed by atoms with Crippen LogP contribution in [0.15, 0.2) is 71.1 Å². The molecule has 1 heterocycles. The maximum atomic E-state index is 12.7. The normalized spacial score (nSPS) is 12.4. The highest BCUT2D eigenvalue weighted by Crippen LogP contribution is 2.28. The molecule has 4 aromatic rings. The molecular formula is C23H21NO2. The fourth-order valence-corrected chi connectivity index (χ4v) is 3.30. The van der Waals surface area contributed by atoms with Crippen LogP contribution in [0.25, 0.3) is 21.7 Å². The van der Waals surface area contributed by atoms with Gasteiger partial charge in [-0.05, 0) is 47.4 Å². The van der Waals surface area contributed by atoms with Crippen LogP contribution in [0.1, 0.15) is 41.6 Å². The molecule has 130 valence electrons. The van der Waals surface area contributed by atoms with Gasteiger partial charge >= 0.3 is 0 Å². The molecule has 0 saturated carbocycles. The van der Waals surface area contributed by atoms with Crippen LogP contribution in [0.4, 0.5) is 0 Å². The molecule has 4 rings (SSSR count). The third-order valence-corrected chi connectivity index (χ3v) is 4.89. The van der Waals surface area contributed by atoms with Crippen molar-refractivity contribution in [2.75, 3.05) is 0 Å². The minimum Gasteiger partial charge on any atom is -0.451 e. The lowest BCUT2D eigenvalue weighted by Gasteiger charge is -2.13. The van der Waals surface area contributed by atoms with Crippen molar-refractivity contribution >= 4 is 27.6 Å². The fourth-order valence-electron chi connectivity index (χ4n) is 3.30. The molecule has 0 fully saturated rings. The standard InChI is InChI=1S/C23H21NO2/c1-3-16-8-10-17(11-9-16)15(2)24-23(25)22-14-20-19-7-5-4-6-18(19)12-13-21(20)26-22/h4-15H,3H2,1-2H3,(H,24,25). The van der Waals surface area contributed by atoms with E-state index in [9.17, 15) is 4.79 Å². The summed E-state index contributed by atoms with van der Waals surface area (Å²) in [5.74, 6) is 0.144. The molecule has 0 aliphatic rings. The van der Waals surface area contributed by atoms with Crippen molar-refractivity contribution in [2.24, 2.45) is 0 Å². The second-order valence-corrected chi connectivity index (χ2v) is 6.60. The molecule has 1 N–H and O–H groups in total. The number of carbonyl (C=O) groups excluding carboxylic acids is 1. The van der Waals surface area contributed by atoms with Crippen LogP contribution in [-0.2, 0) is 6.42 Å². The van der Waals surface area contributed by atoms with Gasteiger partial charge in [0.1, 0.15) is 5.58 Å². The highest BCUT2D eigenvalue weighted by atomic mass is 16.3. The van der Waals surface area contributed by atoms with Gasteiger partial charge in [-0.15, -0.1) is 0 Å². The van der Waals surface area contributed by atoms with Crippen LogP contribution < -0.4 is 5.32 Å².